The van der Waals surface area contributed by atoms with Gasteiger partial charge in [0.05, 0.1) is 17.7 Å². The molecule has 1 aliphatic carbocycles. The van der Waals surface area contributed by atoms with Crippen LogP contribution < -0.4 is 4.74 Å². The van der Waals surface area contributed by atoms with Crippen molar-refractivity contribution < 1.29 is 32.5 Å². The molecule has 6 nitrogen and oxygen atoms in total. The lowest BCUT2D eigenvalue weighted by Crippen LogP contribution is -2.49. The molecule has 0 radical (unpaired) electrons. The van der Waals surface area contributed by atoms with Gasteiger partial charge < -0.3 is 24.4 Å². The molecule has 1 N–H and O–H groups in total. The number of rotatable bonds is 6. The lowest BCUT2D eigenvalue weighted by Gasteiger charge is -2.36. The molecule has 2 heterocycles. The minimum Gasteiger partial charge on any atom is -0.490 e. The number of carbonyl (C=O) groups excluding carboxylic acids is 1. The van der Waals surface area contributed by atoms with E-state index in [9.17, 15) is 23.1 Å². The van der Waals surface area contributed by atoms with E-state index in [1.54, 1.807) is 11.0 Å². The first-order valence-corrected chi connectivity index (χ1v) is 14.1. The van der Waals surface area contributed by atoms with Gasteiger partial charge in [-0.05, 0) is 59.7 Å². The van der Waals surface area contributed by atoms with Gasteiger partial charge in [0.25, 0.3) is 0 Å². The van der Waals surface area contributed by atoms with E-state index in [-0.39, 0.29) is 30.9 Å². The Kier molecular flexibility index (Phi) is 7.42. The second-order valence-corrected chi connectivity index (χ2v) is 11.3. The average Bonchev–Trinajstić information content (AvgIpc) is 3.51. The number of piperidine rings is 1. The molecular formula is C32H33F3N2O4. The summed E-state index contributed by atoms with van der Waals surface area (Å²) in [5.74, 6) is 0.193. The van der Waals surface area contributed by atoms with Gasteiger partial charge in [0.2, 0.25) is 0 Å². The molecule has 2 aliphatic heterocycles. The summed E-state index contributed by atoms with van der Waals surface area (Å²) >= 11 is 0. The molecule has 1 atom stereocenters. The van der Waals surface area contributed by atoms with Crippen LogP contribution in [0.15, 0.2) is 72.8 Å². The SMILES string of the molecule is O=C(OCC1c2ccccc2-c2ccccc21)N1CCC(O)(CN2CCC(Oc3cccc(C(F)(F)F)c3)CC2)C1. The molecule has 3 aromatic carbocycles. The van der Waals surface area contributed by atoms with Gasteiger partial charge in [-0.3, -0.25) is 0 Å². The zero-order valence-corrected chi connectivity index (χ0v) is 22.6. The van der Waals surface area contributed by atoms with Crippen LogP contribution in [-0.2, 0) is 10.9 Å². The Balaban J connectivity index is 0.986. The fourth-order valence-corrected chi connectivity index (χ4v) is 6.37. The highest BCUT2D eigenvalue weighted by Gasteiger charge is 2.41. The monoisotopic (exact) mass is 566 g/mol. The number of halogens is 3. The van der Waals surface area contributed by atoms with E-state index in [0.29, 0.717) is 45.4 Å². The Morgan fingerprint density at radius 1 is 0.927 bits per heavy atom. The molecule has 3 aliphatic rings. The van der Waals surface area contributed by atoms with Crippen LogP contribution in [0.2, 0.25) is 0 Å². The van der Waals surface area contributed by atoms with Gasteiger partial charge in [-0.15, -0.1) is 0 Å². The van der Waals surface area contributed by atoms with Gasteiger partial charge in [-0.25, -0.2) is 4.79 Å². The summed E-state index contributed by atoms with van der Waals surface area (Å²) in [6.07, 6.45) is -3.28. The molecule has 1 amide bonds. The fraction of sp³-hybridized carbons (Fsp3) is 0.406. The number of β-amino-alcohol motifs (C(OH)–C–C–N with tert-alkyl or cyclic N) is 1. The number of hydrogen-bond acceptors (Lipinski definition) is 5. The zero-order valence-electron chi connectivity index (χ0n) is 22.6. The highest BCUT2D eigenvalue weighted by Crippen LogP contribution is 2.44. The summed E-state index contributed by atoms with van der Waals surface area (Å²) in [6, 6.07) is 21.3. The third-order valence-corrected chi connectivity index (χ3v) is 8.44. The number of amides is 1. The minimum atomic E-state index is -4.41. The number of alkyl halides is 3. The minimum absolute atomic E-state index is 0.0210. The Labute approximate surface area is 237 Å². The van der Waals surface area contributed by atoms with Crippen molar-refractivity contribution in [3.63, 3.8) is 0 Å². The second kappa shape index (κ2) is 11.0. The summed E-state index contributed by atoms with van der Waals surface area (Å²) < 4.78 is 50.6. The van der Waals surface area contributed by atoms with Crippen molar-refractivity contribution in [3.8, 4) is 16.9 Å². The van der Waals surface area contributed by atoms with E-state index in [0.717, 1.165) is 23.3 Å². The van der Waals surface area contributed by atoms with Gasteiger partial charge in [-0.1, -0.05) is 54.6 Å². The number of benzene rings is 3. The van der Waals surface area contributed by atoms with Crippen LogP contribution in [0.4, 0.5) is 18.0 Å². The van der Waals surface area contributed by atoms with Crippen molar-refractivity contribution in [1.29, 1.82) is 0 Å². The number of aliphatic hydroxyl groups is 1. The smallest absolute Gasteiger partial charge is 0.416 e. The Morgan fingerprint density at radius 2 is 1.59 bits per heavy atom. The van der Waals surface area contributed by atoms with E-state index < -0.39 is 23.4 Å². The quantitative estimate of drug-likeness (QED) is 0.401. The van der Waals surface area contributed by atoms with E-state index in [4.69, 9.17) is 9.47 Å². The fourth-order valence-electron chi connectivity index (χ4n) is 6.37. The van der Waals surface area contributed by atoms with Gasteiger partial charge >= 0.3 is 12.3 Å². The standard InChI is InChI=1S/C32H33F3N2O4/c33-32(34,35)22-6-5-7-24(18-22)41-23-12-15-36(16-13-23)20-31(39)14-17-37(21-31)30(38)40-19-29-27-10-3-1-8-25(27)26-9-2-4-11-28(26)29/h1-11,18,23,29,39H,12-17,19-21H2. The molecule has 41 heavy (non-hydrogen) atoms. The number of nitrogens with zero attached hydrogens (tertiary/aromatic N) is 2. The van der Waals surface area contributed by atoms with Crippen molar-refractivity contribution >= 4 is 6.09 Å². The first-order chi connectivity index (χ1) is 19.7. The maximum absolute atomic E-state index is 13.0. The number of carbonyl (C=O) groups is 1. The van der Waals surface area contributed by atoms with Gasteiger partial charge in [0, 0.05) is 32.1 Å². The lowest BCUT2D eigenvalue weighted by atomic mass is 9.98. The molecule has 0 aromatic heterocycles. The maximum Gasteiger partial charge on any atom is 0.416 e. The molecule has 2 fully saturated rings. The van der Waals surface area contributed by atoms with Crippen molar-refractivity contribution in [1.82, 2.24) is 9.80 Å². The van der Waals surface area contributed by atoms with Crippen molar-refractivity contribution in [2.24, 2.45) is 0 Å². The molecule has 0 saturated carbocycles. The second-order valence-electron chi connectivity index (χ2n) is 11.3. The van der Waals surface area contributed by atoms with E-state index in [1.807, 2.05) is 24.3 Å². The lowest BCUT2D eigenvalue weighted by molar-refractivity contribution is -0.137. The summed E-state index contributed by atoms with van der Waals surface area (Å²) in [7, 11) is 0. The molecule has 0 bridgehead atoms. The summed E-state index contributed by atoms with van der Waals surface area (Å²) in [5, 5.41) is 11.3. The summed E-state index contributed by atoms with van der Waals surface area (Å²) in [4.78, 5) is 16.7. The molecule has 2 saturated heterocycles. The molecule has 0 spiro atoms. The van der Waals surface area contributed by atoms with Crippen LogP contribution >= 0.6 is 0 Å². The van der Waals surface area contributed by atoms with Crippen molar-refractivity contribution in [2.75, 3.05) is 39.3 Å². The predicted molar refractivity (Wildman–Crippen MR) is 148 cm³/mol. The third kappa shape index (κ3) is 5.92. The number of fused-ring (bicyclic) bond motifs is 3. The maximum atomic E-state index is 13.0. The molecule has 1 unspecified atom stereocenters. The van der Waals surface area contributed by atoms with Crippen LogP contribution in [0.3, 0.4) is 0 Å². The van der Waals surface area contributed by atoms with Crippen molar-refractivity contribution in [2.45, 2.75) is 43.1 Å². The summed E-state index contributed by atoms with van der Waals surface area (Å²) in [5.41, 5.74) is 2.88. The third-order valence-electron chi connectivity index (χ3n) is 8.44. The molecule has 216 valence electrons. The Morgan fingerprint density at radius 3 is 2.24 bits per heavy atom. The number of hydrogen-bond donors (Lipinski definition) is 1. The van der Waals surface area contributed by atoms with E-state index in [2.05, 4.69) is 29.2 Å². The Hall–Kier alpha value is -3.56. The first kappa shape index (κ1) is 27.6. The van der Waals surface area contributed by atoms with E-state index >= 15 is 0 Å². The van der Waals surface area contributed by atoms with E-state index in [1.165, 1.54) is 17.2 Å². The van der Waals surface area contributed by atoms with Crippen molar-refractivity contribution in [3.05, 3.63) is 89.5 Å². The van der Waals surface area contributed by atoms with Gasteiger partial charge in [0.1, 0.15) is 18.5 Å². The molecule has 9 heteroatoms. The average molecular weight is 567 g/mol. The molecular weight excluding hydrogens is 533 g/mol. The van der Waals surface area contributed by atoms with Crippen LogP contribution in [0.1, 0.15) is 41.9 Å². The predicted octanol–water partition coefficient (Wildman–Crippen LogP) is 5.93. The number of likely N-dealkylation sites (tertiary alicyclic amines) is 2. The molecule has 6 rings (SSSR count). The Bertz CT molecular complexity index is 1360. The highest BCUT2D eigenvalue weighted by atomic mass is 19.4. The largest absolute Gasteiger partial charge is 0.490 e. The molecule has 3 aromatic rings. The van der Waals surface area contributed by atoms with Crippen LogP contribution in [0.25, 0.3) is 11.1 Å². The number of ether oxygens (including phenoxy) is 2. The first-order valence-electron chi connectivity index (χ1n) is 14.1. The zero-order chi connectivity index (χ0) is 28.6. The highest BCUT2D eigenvalue weighted by molar-refractivity contribution is 5.79. The van der Waals surface area contributed by atoms with Crippen LogP contribution in [0.5, 0.6) is 5.75 Å². The normalized spacial score (nSPS) is 21.5. The van der Waals surface area contributed by atoms with Gasteiger partial charge in [0.15, 0.2) is 0 Å². The van der Waals surface area contributed by atoms with Crippen LogP contribution in [0, 0.1) is 0 Å². The topological polar surface area (TPSA) is 62.2 Å². The van der Waals surface area contributed by atoms with Crippen LogP contribution in [-0.4, -0.2) is 72.0 Å². The van der Waals surface area contributed by atoms with Gasteiger partial charge in [-0.2, -0.15) is 13.2 Å². The summed E-state index contributed by atoms with van der Waals surface area (Å²) in [6.45, 7) is 2.57.